The topological polar surface area (TPSA) is 58.6 Å². The monoisotopic (exact) mass is 454 g/mol. The van der Waals surface area contributed by atoms with Crippen LogP contribution in [0.5, 0.6) is 5.75 Å². The number of hydrogen-bond donors (Lipinski definition) is 1. The van der Waals surface area contributed by atoms with Gasteiger partial charge in [0.25, 0.3) is 11.8 Å². The Hall–Kier alpha value is -3.86. The van der Waals surface area contributed by atoms with Gasteiger partial charge in [-0.3, -0.25) is 14.5 Å². The van der Waals surface area contributed by atoms with E-state index in [9.17, 15) is 9.59 Å². The second-order valence-corrected chi connectivity index (χ2v) is 8.73. The zero-order valence-corrected chi connectivity index (χ0v) is 20.1. The maximum absolute atomic E-state index is 13.5. The van der Waals surface area contributed by atoms with Gasteiger partial charge in [-0.05, 0) is 73.7 Å². The molecule has 0 unspecified atom stereocenters. The Balaban J connectivity index is 1.70. The van der Waals surface area contributed by atoms with E-state index in [2.05, 4.69) is 12.2 Å². The third-order valence-electron chi connectivity index (χ3n) is 6.02. The minimum absolute atomic E-state index is 0.219. The molecule has 0 saturated carbocycles. The Bertz CT molecular complexity index is 1240. The molecule has 4 rings (SSSR count). The molecule has 0 radical (unpaired) electrons. The fourth-order valence-corrected chi connectivity index (χ4v) is 3.88. The van der Waals surface area contributed by atoms with Crippen molar-refractivity contribution < 1.29 is 14.3 Å². The Morgan fingerprint density at radius 3 is 2.18 bits per heavy atom. The second-order valence-electron chi connectivity index (χ2n) is 8.73. The zero-order chi connectivity index (χ0) is 24.2. The summed E-state index contributed by atoms with van der Waals surface area (Å²) in [6.07, 6.45) is 0.915. The molecule has 3 aromatic carbocycles. The number of carbonyl (C=O) groups excluding carboxylic acids is 2. The van der Waals surface area contributed by atoms with Crippen LogP contribution in [0.25, 0.3) is 5.57 Å². The smallest absolute Gasteiger partial charge is 0.278 e. The molecule has 1 aliphatic rings. The predicted octanol–water partition coefficient (Wildman–Crippen LogP) is 5.79. The Kier molecular flexibility index (Phi) is 6.82. The molecule has 0 spiro atoms. The Morgan fingerprint density at radius 2 is 1.53 bits per heavy atom. The summed E-state index contributed by atoms with van der Waals surface area (Å²) in [6.45, 7) is 8.97. The first kappa shape index (κ1) is 23.3. The van der Waals surface area contributed by atoms with Crippen LogP contribution < -0.4 is 10.1 Å². The number of amides is 2. The first-order valence-corrected chi connectivity index (χ1v) is 11.6. The van der Waals surface area contributed by atoms with E-state index in [0.29, 0.717) is 23.4 Å². The predicted molar refractivity (Wildman–Crippen MR) is 135 cm³/mol. The van der Waals surface area contributed by atoms with E-state index in [0.717, 1.165) is 40.1 Å². The van der Waals surface area contributed by atoms with Gasteiger partial charge in [0.1, 0.15) is 11.4 Å². The molecule has 2 amide bonds. The van der Waals surface area contributed by atoms with Gasteiger partial charge >= 0.3 is 0 Å². The number of nitrogens with one attached hydrogen (secondary N) is 1. The molecule has 0 aliphatic carbocycles. The first-order valence-electron chi connectivity index (χ1n) is 11.6. The number of rotatable bonds is 8. The highest BCUT2D eigenvalue weighted by molar-refractivity contribution is 6.36. The van der Waals surface area contributed by atoms with Crippen molar-refractivity contribution in [3.8, 4) is 5.75 Å². The van der Waals surface area contributed by atoms with Gasteiger partial charge in [0.15, 0.2) is 0 Å². The van der Waals surface area contributed by atoms with E-state index < -0.39 is 0 Å². The van der Waals surface area contributed by atoms with Crippen LogP contribution >= 0.6 is 0 Å². The molecule has 1 N–H and O–H groups in total. The van der Waals surface area contributed by atoms with Gasteiger partial charge in [0, 0.05) is 5.69 Å². The van der Waals surface area contributed by atoms with Crippen molar-refractivity contribution in [2.24, 2.45) is 0 Å². The number of aryl methyl sites for hydroxylation is 3. The number of carbonyl (C=O) groups is 2. The van der Waals surface area contributed by atoms with Gasteiger partial charge in [-0.15, -0.1) is 0 Å². The quantitative estimate of drug-likeness (QED) is 0.438. The molecular weight excluding hydrogens is 424 g/mol. The lowest BCUT2D eigenvalue weighted by molar-refractivity contribution is -0.137. The molecule has 5 heteroatoms. The molecule has 0 fully saturated rings. The third-order valence-corrected chi connectivity index (χ3v) is 6.02. The van der Waals surface area contributed by atoms with Gasteiger partial charge in [0.05, 0.1) is 18.7 Å². The summed E-state index contributed by atoms with van der Waals surface area (Å²) in [4.78, 5) is 28.3. The zero-order valence-electron chi connectivity index (χ0n) is 20.1. The number of ether oxygens (including phenoxy) is 1. The van der Waals surface area contributed by atoms with Crippen LogP contribution in [0.2, 0.25) is 0 Å². The van der Waals surface area contributed by atoms with Gasteiger partial charge in [-0.25, -0.2) is 0 Å². The van der Waals surface area contributed by atoms with E-state index in [-0.39, 0.29) is 18.4 Å². The standard InChI is InChI=1S/C29H30N2O3/c1-5-16-34-25-14-11-23(12-15-25)26-27(30-24-13-8-20(3)21(4)17-24)29(33)31(28(26)32)18-22-9-6-19(2)7-10-22/h6-15,17,30H,5,16,18H2,1-4H3. The van der Waals surface area contributed by atoms with Crippen LogP contribution in [-0.2, 0) is 16.1 Å². The number of anilines is 1. The molecule has 174 valence electrons. The molecule has 0 atom stereocenters. The minimum atomic E-state index is -0.329. The summed E-state index contributed by atoms with van der Waals surface area (Å²) < 4.78 is 5.68. The SMILES string of the molecule is CCCOc1ccc(C2=C(Nc3ccc(C)c(C)c3)C(=O)N(Cc3ccc(C)cc3)C2=O)cc1. The maximum Gasteiger partial charge on any atom is 0.278 e. The van der Waals surface area contributed by atoms with E-state index in [1.165, 1.54) is 4.90 Å². The molecule has 5 nitrogen and oxygen atoms in total. The molecule has 0 bridgehead atoms. The van der Waals surface area contributed by atoms with E-state index in [1.54, 1.807) is 0 Å². The third kappa shape index (κ3) is 4.88. The molecular formula is C29H30N2O3. The van der Waals surface area contributed by atoms with Gasteiger partial charge in [-0.1, -0.05) is 55.0 Å². The van der Waals surface area contributed by atoms with E-state index >= 15 is 0 Å². The molecule has 1 heterocycles. The summed E-state index contributed by atoms with van der Waals surface area (Å²) in [6, 6.07) is 21.1. The van der Waals surface area contributed by atoms with Crippen molar-refractivity contribution in [2.45, 2.75) is 40.7 Å². The lowest BCUT2D eigenvalue weighted by atomic mass is 10.0. The maximum atomic E-state index is 13.5. The van der Waals surface area contributed by atoms with Crippen LogP contribution in [0.3, 0.4) is 0 Å². The largest absolute Gasteiger partial charge is 0.494 e. The first-order chi connectivity index (χ1) is 16.4. The molecule has 0 aromatic heterocycles. The van der Waals surface area contributed by atoms with Crippen LogP contribution in [0.15, 0.2) is 72.4 Å². The summed E-state index contributed by atoms with van der Waals surface area (Å²) in [5.74, 6) is 0.104. The Morgan fingerprint density at radius 1 is 0.824 bits per heavy atom. The summed E-state index contributed by atoms with van der Waals surface area (Å²) in [5, 5.41) is 3.25. The van der Waals surface area contributed by atoms with Gasteiger partial charge in [0.2, 0.25) is 0 Å². The van der Waals surface area contributed by atoms with Crippen molar-refractivity contribution in [1.82, 2.24) is 4.90 Å². The van der Waals surface area contributed by atoms with Gasteiger partial charge in [-0.2, -0.15) is 0 Å². The number of imide groups is 1. The normalized spacial score (nSPS) is 13.6. The molecule has 1 aliphatic heterocycles. The average Bonchev–Trinajstić information content (AvgIpc) is 3.06. The van der Waals surface area contributed by atoms with Crippen molar-refractivity contribution in [1.29, 1.82) is 0 Å². The van der Waals surface area contributed by atoms with E-state index in [1.807, 2.05) is 87.5 Å². The van der Waals surface area contributed by atoms with Crippen LogP contribution in [0, 0.1) is 20.8 Å². The average molecular weight is 455 g/mol. The lowest BCUT2D eigenvalue weighted by Crippen LogP contribution is -2.32. The van der Waals surface area contributed by atoms with Crippen molar-refractivity contribution >= 4 is 23.1 Å². The van der Waals surface area contributed by atoms with Crippen LogP contribution in [0.4, 0.5) is 5.69 Å². The van der Waals surface area contributed by atoms with Crippen molar-refractivity contribution in [2.75, 3.05) is 11.9 Å². The highest BCUT2D eigenvalue weighted by atomic mass is 16.5. The van der Waals surface area contributed by atoms with E-state index in [4.69, 9.17) is 4.74 Å². The molecule has 3 aromatic rings. The fraction of sp³-hybridized carbons (Fsp3) is 0.241. The molecule has 0 saturated heterocycles. The summed E-state index contributed by atoms with van der Waals surface area (Å²) >= 11 is 0. The highest BCUT2D eigenvalue weighted by Gasteiger charge is 2.39. The van der Waals surface area contributed by atoms with Crippen LogP contribution in [0.1, 0.15) is 41.2 Å². The number of nitrogens with zero attached hydrogens (tertiary/aromatic N) is 1. The number of hydrogen-bond acceptors (Lipinski definition) is 4. The van der Waals surface area contributed by atoms with Crippen molar-refractivity contribution in [3.05, 3.63) is 100 Å². The Labute approximate surface area is 201 Å². The van der Waals surface area contributed by atoms with Crippen molar-refractivity contribution in [3.63, 3.8) is 0 Å². The lowest BCUT2D eigenvalue weighted by Gasteiger charge is -2.16. The van der Waals surface area contributed by atoms with Crippen LogP contribution in [-0.4, -0.2) is 23.3 Å². The highest BCUT2D eigenvalue weighted by Crippen LogP contribution is 2.32. The minimum Gasteiger partial charge on any atom is -0.494 e. The van der Waals surface area contributed by atoms with Gasteiger partial charge < -0.3 is 10.1 Å². The molecule has 34 heavy (non-hydrogen) atoms. The summed E-state index contributed by atoms with van der Waals surface area (Å²) in [7, 11) is 0. The number of benzene rings is 3. The fourth-order valence-electron chi connectivity index (χ4n) is 3.88. The summed E-state index contributed by atoms with van der Waals surface area (Å²) in [5.41, 5.74) is 6.43. The second kappa shape index (κ2) is 9.96.